The highest BCUT2D eigenvalue weighted by molar-refractivity contribution is 7.80. The highest BCUT2D eigenvalue weighted by Gasteiger charge is 2.19. The van der Waals surface area contributed by atoms with E-state index < -0.39 is 0 Å². The maximum Gasteiger partial charge on any atom is 0.269 e. The van der Waals surface area contributed by atoms with Crippen LogP contribution in [0.1, 0.15) is 48.7 Å². The Hall–Kier alpha value is -1.49. The lowest BCUT2D eigenvalue weighted by atomic mass is 9.83. The molecule has 0 bridgehead atoms. The van der Waals surface area contributed by atoms with Crippen LogP contribution in [0.25, 0.3) is 0 Å². The molecule has 0 aromatic carbocycles. The van der Waals surface area contributed by atoms with Gasteiger partial charge >= 0.3 is 0 Å². The molecule has 1 fully saturated rings. The van der Waals surface area contributed by atoms with Gasteiger partial charge in [-0.25, -0.2) is 0 Å². The normalized spacial score (nSPS) is 22.2. The average Bonchev–Trinajstić information content (AvgIpc) is 2.46. The fraction of sp³-hybridized carbons (Fsp3) is 0.533. The fourth-order valence-corrected chi connectivity index (χ4v) is 2.66. The Morgan fingerprint density at radius 3 is 2.65 bits per heavy atom. The highest BCUT2D eigenvalue weighted by atomic mass is 32.1. The van der Waals surface area contributed by atoms with Gasteiger partial charge < -0.3 is 11.1 Å². The summed E-state index contributed by atoms with van der Waals surface area (Å²) in [5.41, 5.74) is 6.59. The number of carbonyl (C=O) groups is 1. The van der Waals surface area contributed by atoms with Gasteiger partial charge in [0, 0.05) is 18.3 Å². The standard InChI is InChI=1S/C15H21N3OS/c1-10-2-4-11(5-3-10)8-18-15(19)13-7-6-12(9-17-13)14(16)20/h6-7,9-11H,2-5,8H2,1H3,(H2,16,20)(H,18,19). The van der Waals surface area contributed by atoms with Gasteiger partial charge in [-0.05, 0) is 36.8 Å². The third kappa shape index (κ3) is 4.00. The summed E-state index contributed by atoms with van der Waals surface area (Å²) < 4.78 is 0. The number of carbonyl (C=O) groups excluding carboxylic acids is 1. The average molecular weight is 291 g/mol. The molecule has 1 saturated carbocycles. The predicted octanol–water partition coefficient (Wildman–Crippen LogP) is 2.27. The van der Waals surface area contributed by atoms with Crippen LogP contribution >= 0.6 is 12.2 Å². The van der Waals surface area contributed by atoms with Crippen molar-refractivity contribution in [2.45, 2.75) is 32.6 Å². The second kappa shape index (κ2) is 6.79. The Morgan fingerprint density at radius 1 is 1.40 bits per heavy atom. The Kier molecular flexibility index (Phi) is 5.06. The lowest BCUT2D eigenvalue weighted by Crippen LogP contribution is -2.31. The minimum Gasteiger partial charge on any atom is -0.389 e. The maximum atomic E-state index is 12.0. The van der Waals surface area contributed by atoms with Crippen LogP contribution in [-0.2, 0) is 0 Å². The van der Waals surface area contributed by atoms with Crippen LogP contribution in [0, 0.1) is 11.8 Å². The zero-order chi connectivity index (χ0) is 14.5. The number of thiocarbonyl (C=S) groups is 1. The van der Waals surface area contributed by atoms with Crippen molar-refractivity contribution in [1.29, 1.82) is 0 Å². The first-order chi connectivity index (χ1) is 9.56. The number of aromatic nitrogens is 1. The molecular weight excluding hydrogens is 270 g/mol. The molecule has 1 aliphatic rings. The summed E-state index contributed by atoms with van der Waals surface area (Å²) in [4.78, 5) is 16.4. The number of amides is 1. The molecule has 4 nitrogen and oxygen atoms in total. The van der Waals surface area contributed by atoms with E-state index in [1.165, 1.54) is 25.7 Å². The Bertz CT molecular complexity index is 478. The van der Waals surface area contributed by atoms with E-state index in [0.29, 0.717) is 22.2 Å². The van der Waals surface area contributed by atoms with Crippen LogP contribution in [-0.4, -0.2) is 22.4 Å². The predicted molar refractivity (Wildman–Crippen MR) is 83.6 cm³/mol. The van der Waals surface area contributed by atoms with Crippen LogP contribution in [0.2, 0.25) is 0 Å². The molecule has 20 heavy (non-hydrogen) atoms. The minimum absolute atomic E-state index is 0.127. The van der Waals surface area contributed by atoms with Crippen molar-refractivity contribution in [2.75, 3.05) is 6.54 Å². The third-order valence-electron chi connectivity index (χ3n) is 3.97. The molecule has 0 saturated heterocycles. The van der Waals surface area contributed by atoms with Crippen LogP contribution in [0.3, 0.4) is 0 Å². The van der Waals surface area contributed by atoms with E-state index in [9.17, 15) is 4.79 Å². The number of hydrogen-bond acceptors (Lipinski definition) is 3. The van der Waals surface area contributed by atoms with Crippen molar-refractivity contribution in [1.82, 2.24) is 10.3 Å². The molecule has 1 aromatic rings. The first kappa shape index (κ1) is 14.9. The lowest BCUT2D eigenvalue weighted by molar-refractivity contribution is 0.0937. The van der Waals surface area contributed by atoms with Gasteiger partial charge in [-0.2, -0.15) is 0 Å². The van der Waals surface area contributed by atoms with Crippen molar-refractivity contribution in [3.8, 4) is 0 Å². The van der Waals surface area contributed by atoms with Gasteiger partial charge in [-0.15, -0.1) is 0 Å². The van der Waals surface area contributed by atoms with Gasteiger partial charge in [-0.1, -0.05) is 32.0 Å². The molecule has 2 rings (SSSR count). The van der Waals surface area contributed by atoms with E-state index >= 15 is 0 Å². The summed E-state index contributed by atoms with van der Waals surface area (Å²) in [6.07, 6.45) is 6.48. The van der Waals surface area contributed by atoms with E-state index in [1.54, 1.807) is 18.3 Å². The Balaban J connectivity index is 1.84. The van der Waals surface area contributed by atoms with Gasteiger partial charge in [0.25, 0.3) is 5.91 Å². The van der Waals surface area contributed by atoms with Gasteiger partial charge in [0.2, 0.25) is 0 Å². The lowest BCUT2D eigenvalue weighted by Gasteiger charge is -2.26. The van der Waals surface area contributed by atoms with Crippen molar-refractivity contribution in [3.05, 3.63) is 29.6 Å². The highest BCUT2D eigenvalue weighted by Crippen LogP contribution is 2.27. The molecule has 0 atom stereocenters. The van der Waals surface area contributed by atoms with Crippen LogP contribution in [0.15, 0.2) is 18.3 Å². The zero-order valence-electron chi connectivity index (χ0n) is 11.8. The molecule has 108 valence electrons. The van der Waals surface area contributed by atoms with Crippen molar-refractivity contribution in [3.63, 3.8) is 0 Å². The molecule has 5 heteroatoms. The Morgan fingerprint density at radius 2 is 2.10 bits per heavy atom. The zero-order valence-corrected chi connectivity index (χ0v) is 12.6. The number of nitrogens with zero attached hydrogens (tertiary/aromatic N) is 1. The first-order valence-corrected chi connectivity index (χ1v) is 7.51. The summed E-state index contributed by atoms with van der Waals surface area (Å²) in [7, 11) is 0. The quantitative estimate of drug-likeness (QED) is 0.835. The van der Waals surface area contributed by atoms with Crippen molar-refractivity contribution in [2.24, 2.45) is 17.6 Å². The fourth-order valence-electron chi connectivity index (χ4n) is 2.53. The minimum atomic E-state index is -0.127. The summed E-state index contributed by atoms with van der Waals surface area (Å²) in [5.74, 6) is 1.31. The molecule has 1 heterocycles. The van der Waals surface area contributed by atoms with Crippen molar-refractivity contribution < 1.29 is 4.79 Å². The molecule has 0 unspecified atom stereocenters. The number of pyridine rings is 1. The van der Waals surface area contributed by atoms with E-state index in [2.05, 4.69) is 17.2 Å². The van der Waals surface area contributed by atoms with E-state index in [4.69, 9.17) is 18.0 Å². The summed E-state index contributed by atoms with van der Waals surface area (Å²) in [5, 5.41) is 2.97. The number of hydrogen-bond donors (Lipinski definition) is 2. The van der Waals surface area contributed by atoms with Gasteiger partial charge in [-0.3, -0.25) is 9.78 Å². The molecule has 3 N–H and O–H groups in total. The van der Waals surface area contributed by atoms with E-state index in [0.717, 1.165) is 12.5 Å². The van der Waals surface area contributed by atoms with Gasteiger partial charge in [0.1, 0.15) is 10.7 Å². The molecule has 1 aromatic heterocycles. The Labute approximate surface area is 125 Å². The van der Waals surface area contributed by atoms with Crippen LogP contribution in [0.5, 0.6) is 0 Å². The number of nitrogens with two attached hydrogens (primary N) is 1. The summed E-state index contributed by atoms with van der Waals surface area (Å²) in [6, 6.07) is 3.39. The largest absolute Gasteiger partial charge is 0.389 e. The molecule has 0 spiro atoms. The molecule has 0 aliphatic heterocycles. The topological polar surface area (TPSA) is 68.0 Å². The third-order valence-corrected chi connectivity index (χ3v) is 4.20. The second-order valence-electron chi connectivity index (χ2n) is 5.63. The van der Waals surface area contributed by atoms with Gasteiger partial charge in [0.15, 0.2) is 0 Å². The van der Waals surface area contributed by atoms with Crippen LogP contribution in [0.4, 0.5) is 0 Å². The summed E-state index contributed by atoms with van der Waals surface area (Å²) in [6.45, 7) is 3.03. The van der Waals surface area contributed by atoms with E-state index in [-0.39, 0.29) is 5.91 Å². The second-order valence-corrected chi connectivity index (χ2v) is 6.07. The van der Waals surface area contributed by atoms with E-state index in [1.807, 2.05) is 0 Å². The smallest absolute Gasteiger partial charge is 0.269 e. The maximum absolute atomic E-state index is 12.0. The molecule has 1 amide bonds. The SMILES string of the molecule is CC1CCC(CNC(=O)c2ccc(C(N)=S)cn2)CC1. The molecule has 0 radical (unpaired) electrons. The van der Waals surface area contributed by atoms with Crippen molar-refractivity contribution >= 4 is 23.1 Å². The first-order valence-electron chi connectivity index (χ1n) is 7.10. The molecule has 1 aliphatic carbocycles. The molecular formula is C15H21N3OS. The summed E-state index contributed by atoms with van der Waals surface area (Å²) >= 11 is 4.85. The van der Waals surface area contributed by atoms with Crippen LogP contribution < -0.4 is 11.1 Å². The number of nitrogens with one attached hydrogen (secondary N) is 1. The number of rotatable bonds is 4. The monoisotopic (exact) mass is 291 g/mol. The van der Waals surface area contributed by atoms with Gasteiger partial charge in [0.05, 0.1) is 0 Å².